The molecule has 1 heterocycles. The van der Waals surface area contributed by atoms with Crippen molar-refractivity contribution in [3.8, 4) is 0 Å². The number of amides is 1. The summed E-state index contributed by atoms with van der Waals surface area (Å²) in [5.41, 5.74) is 1.65. The molecule has 22 heavy (non-hydrogen) atoms. The van der Waals surface area contributed by atoms with Gasteiger partial charge in [-0.15, -0.1) is 11.3 Å². The number of benzene rings is 1. The molecule has 0 atom stereocenters. The van der Waals surface area contributed by atoms with Crippen LogP contribution >= 0.6 is 11.3 Å². The predicted molar refractivity (Wildman–Crippen MR) is 81.6 cm³/mol. The average Bonchev–Trinajstić information content (AvgIpc) is 2.79. The molecule has 0 spiro atoms. The van der Waals surface area contributed by atoms with Crippen molar-refractivity contribution >= 4 is 28.9 Å². The van der Waals surface area contributed by atoms with Crippen LogP contribution in [0.3, 0.4) is 0 Å². The summed E-state index contributed by atoms with van der Waals surface area (Å²) in [6.45, 7) is 4.79. The third-order valence-corrected chi connectivity index (χ3v) is 3.95. The van der Waals surface area contributed by atoms with Gasteiger partial charge in [0.05, 0.1) is 10.7 Å². The van der Waals surface area contributed by atoms with E-state index in [1.807, 2.05) is 0 Å². The number of rotatable bonds is 4. The number of anilines is 1. The van der Waals surface area contributed by atoms with Gasteiger partial charge in [-0.3, -0.25) is 4.79 Å². The third kappa shape index (κ3) is 3.88. The van der Waals surface area contributed by atoms with Crippen molar-refractivity contribution in [2.45, 2.75) is 20.8 Å². The Bertz CT molecular complexity index is 728. The second kappa shape index (κ2) is 6.65. The van der Waals surface area contributed by atoms with E-state index in [4.69, 9.17) is 4.74 Å². The molecule has 0 aliphatic heterocycles. The highest BCUT2D eigenvalue weighted by Crippen LogP contribution is 2.18. The fourth-order valence-electron chi connectivity index (χ4n) is 1.83. The first-order chi connectivity index (χ1) is 10.4. The summed E-state index contributed by atoms with van der Waals surface area (Å²) < 4.78 is 18.1. The Labute approximate surface area is 131 Å². The number of nitrogens with zero attached hydrogens (tertiary/aromatic N) is 1. The molecular formula is C15H15FN2O3S. The smallest absolute Gasteiger partial charge is 0.350 e. The van der Waals surface area contributed by atoms with Crippen LogP contribution in [-0.4, -0.2) is 23.5 Å². The zero-order chi connectivity index (χ0) is 16.3. The predicted octanol–water partition coefficient (Wildman–Crippen LogP) is 3.00. The molecule has 0 aliphatic rings. The number of thiazole rings is 1. The highest BCUT2D eigenvalue weighted by atomic mass is 32.1. The van der Waals surface area contributed by atoms with Crippen LogP contribution in [0.2, 0.25) is 0 Å². The summed E-state index contributed by atoms with van der Waals surface area (Å²) in [5.74, 6) is -1.57. The molecule has 0 fully saturated rings. The van der Waals surface area contributed by atoms with Crippen LogP contribution in [0.25, 0.3) is 0 Å². The molecule has 5 nitrogen and oxygen atoms in total. The van der Waals surface area contributed by atoms with Crippen LogP contribution in [0.15, 0.2) is 18.2 Å². The largest absolute Gasteiger partial charge is 0.451 e. The summed E-state index contributed by atoms with van der Waals surface area (Å²) in [6.07, 6.45) is 0. The first-order valence-corrected chi connectivity index (χ1v) is 7.35. The van der Waals surface area contributed by atoms with Gasteiger partial charge in [-0.2, -0.15) is 0 Å². The molecule has 0 saturated heterocycles. The van der Waals surface area contributed by atoms with Gasteiger partial charge in [0.15, 0.2) is 6.61 Å². The lowest BCUT2D eigenvalue weighted by molar-refractivity contribution is -0.119. The van der Waals surface area contributed by atoms with E-state index in [9.17, 15) is 14.0 Å². The number of aromatic nitrogens is 1. The molecule has 1 N–H and O–H groups in total. The number of hydrogen-bond donors (Lipinski definition) is 1. The zero-order valence-corrected chi connectivity index (χ0v) is 13.2. The van der Waals surface area contributed by atoms with Crippen LogP contribution in [0.4, 0.5) is 10.1 Å². The van der Waals surface area contributed by atoms with E-state index < -0.39 is 24.3 Å². The normalized spacial score (nSPS) is 10.4. The van der Waals surface area contributed by atoms with Crippen molar-refractivity contribution in [2.24, 2.45) is 0 Å². The first kappa shape index (κ1) is 16.1. The molecule has 116 valence electrons. The number of ether oxygens (including phenoxy) is 1. The number of halogens is 1. The van der Waals surface area contributed by atoms with E-state index in [2.05, 4.69) is 10.3 Å². The first-order valence-electron chi connectivity index (χ1n) is 6.54. The van der Waals surface area contributed by atoms with E-state index in [1.54, 1.807) is 26.8 Å². The summed E-state index contributed by atoms with van der Waals surface area (Å²) in [5, 5.41) is 3.26. The van der Waals surface area contributed by atoms with Gasteiger partial charge in [0, 0.05) is 5.69 Å². The topological polar surface area (TPSA) is 68.3 Å². The van der Waals surface area contributed by atoms with Crippen molar-refractivity contribution in [1.29, 1.82) is 0 Å². The second-order valence-electron chi connectivity index (χ2n) is 4.73. The van der Waals surface area contributed by atoms with Crippen molar-refractivity contribution < 1.29 is 18.7 Å². The van der Waals surface area contributed by atoms with Crippen LogP contribution in [0.5, 0.6) is 0 Å². The van der Waals surface area contributed by atoms with Gasteiger partial charge in [-0.25, -0.2) is 14.2 Å². The minimum atomic E-state index is -0.589. The summed E-state index contributed by atoms with van der Waals surface area (Å²) >= 11 is 1.22. The van der Waals surface area contributed by atoms with Crippen LogP contribution in [0, 0.1) is 26.6 Å². The van der Waals surface area contributed by atoms with Gasteiger partial charge in [-0.1, -0.05) is 6.07 Å². The fourth-order valence-corrected chi connectivity index (χ4v) is 2.65. The van der Waals surface area contributed by atoms with Crippen molar-refractivity contribution in [3.05, 3.63) is 45.2 Å². The highest BCUT2D eigenvalue weighted by Gasteiger charge is 2.17. The van der Waals surface area contributed by atoms with Gasteiger partial charge in [0.1, 0.15) is 10.7 Å². The average molecular weight is 322 g/mol. The van der Waals surface area contributed by atoms with E-state index in [-0.39, 0.29) is 0 Å². The molecule has 0 aliphatic carbocycles. The van der Waals surface area contributed by atoms with Crippen LogP contribution < -0.4 is 5.32 Å². The molecule has 0 unspecified atom stereocenters. The summed E-state index contributed by atoms with van der Waals surface area (Å²) in [6, 6.07) is 4.08. The monoisotopic (exact) mass is 322 g/mol. The van der Waals surface area contributed by atoms with Gasteiger partial charge in [-0.05, 0) is 38.5 Å². The second-order valence-corrected chi connectivity index (χ2v) is 5.93. The number of aryl methyl sites for hydroxylation is 3. The standard InChI is InChI=1S/C15H15FN2O3S/c1-8-4-5-11(16)6-12(8)18-13(19)7-21-15(20)14-9(2)17-10(3)22-14/h4-6H,7H2,1-3H3,(H,18,19). The summed E-state index contributed by atoms with van der Waals surface area (Å²) in [4.78, 5) is 28.1. The van der Waals surface area contributed by atoms with Gasteiger partial charge < -0.3 is 10.1 Å². The minimum Gasteiger partial charge on any atom is -0.451 e. The molecule has 1 aromatic carbocycles. The van der Waals surface area contributed by atoms with E-state index in [0.717, 1.165) is 10.6 Å². The lowest BCUT2D eigenvalue weighted by Gasteiger charge is -2.08. The number of carbonyl (C=O) groups is 2. The van der Waals surface area contributed by atoms with E-state index in [0.29, 0.717) is 16.3 Å². The van der Waals surface area contributed by atoms with Gasteiger partial charge >= 0.3 is 5.97 Å². The van der Waals surface area contributed by atoms with Gasteiger partial charge in [0.2, 0.25) is 0 Å². The fraction of sp³-hybridized carbons (Fsp3) is 0.267. The molecule has 1 aromatic heterocycles. The molecule has 7 heteroatoms. The van der Waals surface area contributed by atoms with Crippen LogP contribution in [0.1, 0.15) is 25.9 Å². The Morgan fingerprint density at radius 1 is 1.32 bits per heavy atom. The Hall–Kier alpha value is -2.28. The Morgan fingerprint density at radius 2 is 2.05 bits per heavy atom. The molecule has 0 radical (unpaired) electrons. The van der Waals surface area contributed by atoms with Crippen LogP contribution in [-0.2, 0) is 9.53 Å². The SMILES string of the molecule is Cc1nc(C)c(C(=O)OCC(=O)Nc2cc(F)ccc2C)s1. The van der Waals surface area contributed by atoms with E-state index in [1.165, 1.54) is 23.5 Å². The Balaban J connectivity index is 1.94. The molecular weight excluding hydrogens is 307 g/mol. The molecule has 0 bridgehead atoms. The summed E-state index contributed by atoms with van der Waals surface area (Å²) in [7, 11) is 0. The molecule has 2 aromatic rings. The number of carbonyl (C=O) groups excluding carboxylic acids is 2. The lowest BCUT2D eigenvalue weighted by Crippen LogP contribution is -2.21. The molecule has 2 rings (SSSR count). The highest BCUT2D eigenvalue weighted by molar-refractivity contribution is 7.13. The third-order valence-electron chi connectivity index (χ3n) is 2.90. The quantitative estimate of drug-likeness (QED) is 0.879. The van der Waals surface area contributed by atoms with Crippen molar-refractivity contribution in [1.82, 2.24) is 4.98 Å². The maximum Gasteiger partial charge on any atom is 0.350 e. The van der Waals surface area contributed by atoms with E-state index >= 15 is 0 Å². The zero-order valence-electron chi connectivity index (χ0n) is 12.4. The van der Waals surface area contributed by atoms with Crippen molar-refractivity contribution in [3.63, 3.8) is 0 Å². The lowest BCUT2D eigenvalue weighted by atomic mass is 10.2. The Kier molecular flexibility index (Phi) is 4.87. The van der Waals surface area contributed by atoms with Crippen molar-refractivity contribution in [2.75, 3.05) is 11.9 Å². The maximum absolute atomic E-state index is 13.1. The maximum atomic E-state index is 13.1. The number of nitrogens with one attached hydrogen (secondary N) is 1. The number of esters is 1. The minimum absolute atomic E-state index is 0.353. The number of hydrogen-bond acceptors (Lipinski definition) is 5. The molecule has 1 amide bonds. The Morgan fingerprint density at radius 3 is 2.68 bits per heavy atom. The molecule has 0 saturated carbocycles. The van der Waals surface area contributed by atoms with Gasteiger partial charge in [0.25, 0.3) is 5.91 Å².